The van der Waals surface area contributed by atoms with Crippen LogP contribution in [0.5, 0.6) is 0 Å². The van der Waals surface area contributed by atoms with E-state index in [1.165, 1.54) is 0 Å². The molecule has 1 fully saturated rings. The van der Waals surface area contributed by atoms with Gasteiger partial charge in [-0.2, -0.15) is 0 Å². The first-order valence-corrected chi connectivity index (χ1v) is 7.62. The van der Waals surface area contributed by atoms with Crippen molar-refractivity contribution in [2.75, 3.05) is 43.5 Å². The average Bonchev–Trinajstić information content (AvgIpc) is 2.54. The largest absolute Gasteiger partial charge is 0.396 e. The van der Waals surface area contributed by atoms with Crippen LogP contribution in [-0.4, -0.2) is 49.3 Å². The number of carbonyl (C=O) groups is 1. The van der Waals surface area contributed by atoms with Crippen LogP contribution in [0.4, 0.5) is 16.2 Å². The molecule has 116 valence electrons. The van der Waals surface area contributed by atoms with E-state index in [0.29, 0.717) is 19.0 Å². The number of anilines is 2. The third kappa shape index (κ3) is 3.88. The van der Waals surface area contributed by atoms with Gasteiger partial charge in [-0.3, -0.25) is 0 Å². The first-order chi connectivity index (χ1) is 10.2. The summed E-state index contributed by atoms with van der Waals surface area (Å²) in [5, 5.41) is 12.2. The van der Waals surface area contributed by atoms with Crippen LogP contribution in [-0.2, 0) is 0 Å². The summed E-state index contributed by atoms with van der Waals surface area (Å²) in [5.74, 6) is 0.340. The molecular formula is C16H25N3O2. The fraction of sp³-hybridized carbons (Fsp3) is 0.562. The number of nitrogens with one attached hydrogen (secondary N) is 1. The topological polar surface area (TPSA) is 55.8 Å². The van der Waals surface area contributed by atoms with E-state index in [4.69, 9.17) is 5.11 Å². The second-order valence-electron chi connectivity index (χ2n) is 5.57. The molecule has 0 spiro atoms. The summed E-state index contributed by atoms with van der Waals surface area (Å²) in [7, 11) is 2.01. The lowest BCUT2D eigenvalue weighted by atomic mass is 9.98. The van der Waals surface area contributed by atoms with Crippen molar-refractivity contribution in [2.45, 2.75) is 19.8 Å². The number of hydrogen-bond acceptors (Lipinski definition) is 3. The molecule has 0 aliphatic carbocycles. The summed E-state index contributed by atoms with van der Waals surface area (Å²) >= 11 is 0. The molecule has 0 unspecified atom stereocenters. The molecule has 1 heterocycles. The van der Waals surface area contributed by atoms with Gasteiger partial charge in [0.15, 0.2) is 0 Å². The summed E-state index contributed by atoms with van der Waals surface area (Å²) in [6.07, 6.45) is 1.75. The summed E-state index contributed by atoms with van der Waals surface area (Å²) < 4.78 is 0. The Labute approximate surface area is 126 Å². The third-order valence-electron chi connectivity index (χ3n) is 4.19. The Bertz CT molecular complexity index is 470. The molecule has 1 aromatic rings. The third-order valence-corrected chi connectivity index (χ3v) is 4.19. The quantitative estimate of drug-likeness (QED) is 0.895. The maximum absolute atomic E-state index is 12.4. The van der Waals surface area contributed by atoms with Crippen LogP contribution in [0.15, 0.2) is 24.3 Å². The van der Waals surface area contributed by atoms with E-state index in [2.05, 4.69) is 17.1 Å². The molecule has 0 atom stereocenters. The zero-order valence-corrected chi connectivity index (χ0v) is 12.9. The van der Waals surface area contributed by atoms with E-state index >= 15 is 0 Å². The molecule has 5 heteroatoms. The predicted molar refractivity (Wildman–Crippen MR) is 85.8 cm³/mol. The summed E-state index contributed by atoms with van der Waals surface area (Å²) in [5.41, 5.74) is 1.87. The highest BCUT2D eigenvalue weighted by molar-refractivity contribution is 5.93. The van der Waals surface area contributed by atoms with Gasteiger partial charge in [0.2, 0.25) is 0 Å². The molecule has 1 aliphatic heterocycles. The number of aliphatic hydroxyl groups is 1. The van der Waals surface area contributed by atoms with Crippen molar-refractivity contribution in [3.8, 4) is 0 Å². The van der Waals surface area contributed by atoms with E-state index in [-0.39, 0.29) is 12.6 Å². The number of likely N-dealkylation sites (tertiary alicyclic amines) is 1. The Morgan fingerprint density at radius 2 is 2.05 bits per heavy atom. The Hall–Kier alpha value is -1.75. The molecule has 1 saturated heterocycles. The van der Waals surface area contributed by atoms with Gasteiger partial charge in [0.1, 0.15) is 0 Å². The number of benzene rings is 1. The van der Waals surface area contributed by atoms with E-state index in [0.717, 1.165) is 30.8 Å². The molecule has 0 bridgehead atoms. The van der Waals surface area contributed by atoms with Crippen LogP contribution in [0.3, 0.4) is 0 Å². The number of aliphatic hydroxyl groups excluding tert-OH is 1. The normalized spacial score (nSPS) is 15.9. The zero-order chi connectivity index (χ0) is 15.2. The van der Waals surface area contributed by atoms with E-state index < -0.39 is 0 Å². The molecule has 5 nitrogen and oxygen atoms in total. The summed E-state index contributed by atoms with van der Waals surface area (Å²) in [6, 6.07) is 7.80. The molecular weight excluding hydrogens is 266 g/mol. The molecule has 2 rings (SSSR count). The van der Waals surface area contributed by atoms with Crippen molar-refractivity contribution in [3.63, 3.8) is 0 Å². The molecule has 2 N–H and O–H groups in total. The van der Waals surface area contributed by atoms with Crippen LogP contribution < -0.4 is 10.2 Å². The van der Waals surface area contributed by atoms with Crippen LogP contribution in [0.2, 0.25) is 0 Å². The monoisotopic (exact) mass is 291 g/mol. The number of nitrogens with zero attached hydrogens (tertiary/aromatic N) is 2. The first kappa shape index (κ1) is 15.6. The van der Waals surface area contributed by atoms with Crippen molar-refractivity contribution < 1.29 is 9.90 Å². The Morgan fingerprint density at radius 1 is 1.38 bits per heavy atom. The molecule has 1 aromatic carbocycles. The molecule has 2 amide bonds. The Balaban J connectivity index is 2.00. The maximum atomic E-state index is 12.4. The van der Waals surface area contributed by atoms with Gasteiger partial charge in [0.25, 0.3) is 0 Å². The van der Waals surface area contributed by atoms with Crippen molar-refractivity contribution in [1.29, 1.82) is 0 Å². The van der Waals surface area contributed by atoms with Crippen molar-refractivity contribution in [2.24, 2.45) is 5.92 Å². The molecule has 0 radical (unpaired) electrons. The van der Waals surface area contributed by atoms with Crippen LogP contribution in [0.1, 0.15) is 19.8 Å². The Morgan fingerprint density at radius 3 is 2.67 bits per heavy atom. The van der Waals surface area contributed by atoms with E-state index in [1.807, 2.05) is 36.2 Å². The highest BCUT2D eigenvalue weighted by Crippen LogP contribution is 2.25. The lowest BCUT2D eigenvalue weighted by molar-refractivity contribution is 0.143. The molecule has 1 aliphatic rings. The van der Waals surface area contributed by atoms with Gasteiger partial charge in [-0.05, 0) is 37.8 Å². The summed E-state index contributed by atoms with van der Waals surface area (Å²) in [4.78, 5) is 16.3. The van der Waals surface area contributed by atoms with E-state index in [1.54, 1.807) is 0 Å². The minimum Gasteiger partial charge on any atom is -0.396 e. The van der Waals surface area contributed by atoms with Crippen LogP contribution >= 0.6 is 0 Å². The summed E-state index contributed by atoms with van der Waals surface area (Å²) in [6.45, 7) is 4.61. The Kier molecular flexibility index (Phi) is 5.44. The molecule has 21 heavy (non-hydrogen) atoms. The number of para-hydroxylation sites is 2. The number of piperidine rings is 1. The van der Waals surface area contributed by atoms with Gasteiger partial charge in [-0.25, -0.2) is 4.79 Å². The van der Waals surface area contributed by atoms with Gasteiger partial charge in [-0.15, -0.1) is 0 Å². The maximum Gasteiger partial charge on any atom is 0.321 e. The lowest BCUT2D eigenvalue weighted by Crippen LogP contribution is -2.41. The van der Waals surface area contributed by atoms with Crippen LogP contribution in [0, 0.1) is 5.92 Å². The van der Waals surface area contributed by atoms with Gasteiger partial charge in [-0.1, -0.05) is 12.1 Å². The second-order valence-corrected chi connectivity index (χ2v) is 5.57. The highest BCUT2D eigenvalue weighted by atomic mass is 16.3. The average molecular weight is 291 g/mol. The second kappa shape index (κ2) is 7.31. The van der Waals surface area contributed by atoms with Crippen molar-refractivity contribution in [3.05, 3.63) is 24.3 Å². The van der Waals surface area contributed by atoms with E-state index in [9.17, 15) is 4.79 Å². The smallest absolute Gasteiger partial charge is 0.321 e. The van der Waals surface area contributed by atoms with Gasteiger partial charge >= 0.3 is 6.03 Å². The number of urea groups is 1. The molecule has 0 aromatic heterocycles. The number of carbonyl (C=O) groups excluding carboxylic acids is 1. The fourth-order valence-electron chi connectivity index (χ4n) is 2.60. The fourth-order valence-corrected chi connectivity index (χ4v) is 2.60. The molecule has 0 saturated carbocycles. The van der Waals surface area contributed by atoms with Crippen molar-refractivity contribution >= 4 is 17.4 Å². The SMILES string of the molecule is CCN(C)c1ccccc1NC(=O)N1CCC(CO)CC1. The van der Waals surface area contributed by atoms with Gasteiger partial charge in [0.05, 0.1) is 11.4 Å². The first-order valence-electron chi connectivity index (χ1n) is 7.62. The van der Waals surface area contributed by atoms with Gasteiger partial charge < -0.3 is 20.2 Å². The zero-order valence-electron chi connectivity index (χ0n) is 12.9. The van der Waals surface area contributed by atoms with Crippen molar-refractivity contribution in [1.82, 2.24) is 4.90 Å². The highest BCUT2D eigenvalue weighted by Gasteiger charge is 2.22. The number of rotatable bonds is 4. The minimum atomic E-state index is -0.0525. The number of amides is 2. The standard InChI is InChI=1S/C16H25N3O2/c1-3-18(2)15-7-5-4-6-14(15)17-16(21)19-10-8-13(12-20)9-11-19/h4-7,13,20H,3,8-12H2,1-2H3,(H,17,21). The number of hydrogen-bond donors (Lipinski definition) is 2. The minimum absolute atomic E-state index is 0.0525. The van der Waals surface area contributed by atoms with Crippen LogP contribution in [0.25, 0.3) is 0 Å². The predicted octanol–water partition coefficient (Wildman–Crippen LogP) is 2.38. The van der Waals surface area contributed by atoms with Gasteiger partial charge in [0, 0.05) is 33.3 Å². The lowest BCUT2D eigenvalue weighted by Gasteiger charge is -2.31.